The van der Waals surface area contributed by atoms with Crippen LogP contribution in [0.3, 0.4) is 0 Å². The molecule has 1 atom stereocenters. The molecule has 2 aromatic carbocycles. The SMILES string of the molecule is COC(=O)c1cccc(CSC(C)C(=O)Nc2ccc(C)cc2C)c1. The predicted molar refractivity (Wildman–Crippen MR) is 103 cm³/mol. The molecular weight excluding hydrogens is 334 g/mol. The van der Waals surface area contributed by atoms with Gasteiger partial charge in [-0.3, -0.25) is 4.79 Å². The van der Waals surface area contributed by atoms with Gasteiger partial charge < -0.3 is 10.1 Å². The van der Waals surface area contributed by atoms with Crippen LogP contribution in [0.1, 0.15) is 34.0 Å². The molecular formula is C20H23NO3S. The van der Waals surface area contributed by atoms with E-state index < -0.39 is 0 Å². The molecule has 4 nitrogen and oxygen atoms in total. The Hall–Kier alpha value is -2.27. The minimum absolute atomic E-state index is 0.0268. The number of carbonyl (C=O) groups excluding carboxylic acids is 2. The number of methoxy groups -OCH3 is 1. The first-order valence-electron chi connectivity index (χ1n) is 8.07. The number of anilines is 1. The Morgan fingerprint density at radius 2 is 1.92 bits per heavy atom. The number of hydrogen-bond acceptors (Lipinski definition) is 4. The summed E-state index contributed by atoms with van der Waals surface area (Å²) in [6.07, 6.45) is 0. The maximum Gasteiger partial charge on any atom is 0.337 e. The fraction of sp³-hybridized carbons (Fsp3) is 0.300. The van der Waals surface area contributed by atoms with Crippen molar-refractivity contribution in [3.63, 3.8) is 0 Å². The van der Waals surface area contributed by atoms with Gasteiger partial charge in [0.05, 0.1) is 17.9 Å². The number of rotatable bonds is 6. The molecule has 0 saturated carbocycles. The van der Waals surface area contributed by atoms with Gasteiger partial charge in [-0.1, -0.05) is 29.8 Å². The molecule has 0 aromatic heterocycles. The third-order valence-corrected chi connectivity index (χ3v) is 5.07. The number of nitrogens with one attached hydrogen (secondary N) is 1. The highest BCUT2D eigenvalue weighted by Gasteiger charge is 2.15. The van der Waals surface area contributed by atoms with Gasteiger partial charge in [0.15, 0.2) is 0 Å². The second kappa shape index (κ2) is 8.72. The third-order valence-electron chi connectivity index (χ3n) is 3.86. The zero-order chi connectivity index (χ0) is 18.4. The van der Waals surface area contributed by atoms with E-state index in [-0.39, 0.29) is 17.1 Å². The number of esters is 1. The molecule has 2 aromatic rings. The highest BCUT2D eigenvalue weighted by molar-refractivity contribution is 7.99. The van der Waals surface area contributed by atoms with Gasteiger partial charge in [0.25, 0.3) is 0 Å². The second-order valence-corrected chi connectivity index (χ2v) is 7.28. The van der Waals surface area contributed by atoms with E-state index in [9.17, 15) is 9.59 Å². The lowest BCUT2D eigenvalue weighted by atomic mass is 10.1. The van der Waals surface area contributed by atoms with E-state index in [1.165, 1.54) is 24.4 Å². The molecule has 0 saturated heterocycles. The summed E-state index contributed by atoms with van der Waals surface area (Å²) in [6, 6.07) is 13.2. The summed E-state index contributed by atoms with van der Waals surface area (Å²) in [7, 11) is 1.36. The van der Waals surface area contributed by atoms with Gasteiger partial charge in [0, 0.05) is 11.4 Å². The zero-order valence-corrected chi connectivity index (χ0v) is 15.8. The molecule has 5 heteroatoms. The Labute approximate surface area is 153 Å². The monoisotopic (exact) mass is 357 g/mol. The first-order chi connectivity index (χ1) is 11.9. The number of amides is 1. The van der Waals surface area contributed by atoms with Gasteiger partial charge >= 0.3 is 5.97 Å². The van der Waals surface area contributed by atoms with Crippen LogP contribution in [0.15, 0.2) is 42.5 Å². The Kier molecular flexibility index (Phi) is 6.65. The van der Waals surface area contributed by atoms with Crippen molar-refractivity contribution in [1.29, 1.82) is 0 Å². The van der Waals surface area contributed by atoms with Crippen LogP contribution in [0.2, 0.25) is 0 Å². The van der Waals surface area contributed by atoms with E-state index in [0.717, 1.165) is 16.8 Å². The number of benzene rings is 2. The fourth-order valence-corrected chi connectivity index (χ4v) is 3.22. The Morgan fingerprint density at radius 3 is 2.60 bits per heavy atom. The first kappa shape index (κ1) is 19.1. The topological polar surface area (TPSA) is 55.4 Å². The summed E-state index contributed by atoms with van der Waals surface area (Å²) in [5.41, 5.74) is 4.57. The maximum atomic E-state index is 12.4. The molecule has 0 radical (unpaired) electrons. The van der Waals surface area contributed by atoms with Gasteiger partial charge in [-0.25, -0.2) is 4.79 Å². The van der Waals surface area contributed by atoms with Crippen LogP contribution < -0.4 is 5.32 Å². The zero-order valence-electron chi connectivity index (χ0n) is 15.0. The fourth-order valence-electron chi connectivity index (χ4n) is 2.39. The largest absolute Gasteiger partial charge is 0.465 e. The number of hydrogen-bond donors (Lipinski definition) is 1. The van der Waals surface area contributed by atoms with Gasteiger partial charge in [-0.15, -0.1) is 11.8 Å². The van der Waals surface area contributed by atoms with Crippen molar-refractivity contribution in [1.82, 2.24) is 0 Å². The van der Waals surface area contributed by atoms with Gasteiger partial charge in [-0.05, 0) is 50.1 Å². The molecule has 1 N–H and O–H groups in total. The Bertz CT molecular complexity index is 773. The molecule has 1 amide bonds. The minimum Gasteiger partial charge on any atom is -0.465 e. The van der Waals surface area contributed by atoms with Crippen LogP contribution in [0.25, 0.3) is 0 Å². The average Bonchev–Trinajstić information content (AvgIpc) is 2.61. The Balaban J connectivity index is 1.94. The number of aryl methyl sites for hydroxylation is 2. The van der Waals surface area contributed by atoms with Crippen molar-refractivity contribution in [3.8, 4) is 0 Å². The van der Waals surface area contributed by atoms with Crippen molar-refractivity contribution in [2.75, 3.05) is 12.4 Å². The van der Waals surface area contributed by atoms with Crippen molar-refractivity contribution < 1.29 is 14.3 Å². The molecule has 0 heterocycles. The van der Waals surface area contributed by atoms with Crippen molar-refractivity contribution in [2.24, 2.45) is 0 Å². The first-order valence-corrected chi connectivity index (χ1v) is 9.12. The molecule has 0 aliphatic heterocycles. The van der Waals surface area contributed by atoms with Crippen molar-refractivity contribution in [3.05, 3.63) is 64.7 Å². The summed E-state index contributed by atoms with van der Waals surface area (Å²) in [6.45, 7) is 5.89. The summed E-state index contributed by atoms with van der Waals surface area (Å²) in [5, 5.41) is 2.77. The molecule has 0 fully saturated rings. The van der Waals surface area contributed by atoms with Crippen LogP contribution in [-0.2, 0) is 15.3 Å². The summed E-state index contributed by atoms with van der Waals surface area (Å²) >= 11 is 1.53. The lowest BCUT2D eigenvalue weighted by Crippen LogP contribution is -2.23. The van der Waals surface area contributed by atoms with Gasteiger partial charge in [-0.2, -0.15) is 0 Å². The predicted octanol–water partition coefficient (Wildman–Crippen LogP) is 4.35. The number of ether oxygens (including phenoxy) is 1. The lowest BCUT2D eigenvalue weighted by Gasteiger charge is -2.14. The van der Waals surface area contributed by atoms with Crippen LogP contribution >= 0.6 is 11.8 Å². The van der Waals surface area contributed by atoms with E-state index >= 15 is 0 Å². The Morgan fingerprint density at radius 1 is 1.16 bits per heavy atom. The minimum atomic E-state index is -0.354. The molecule has 1 unspecified atom stereocenters. The van der Waals surface area contributed by atoms with Crippen LogP contribution in [-0.4, -0.2) is 24.2 Å². The average molecular weight is 357 g/mol. The quantitative estimate of drug-likeness (QED) is 0.781. The van der Waals surface area contributed by atoms with Crippen LogP contribution in [0.5, 0.6) is 0 Å². The standard InChI is InChI=1S/C20H23NO3S/c1-13-8-9-18(14(2)10-13)21-19(22)15(3)25-12-16-6-5-7-17(11-16)20(23)24-4/h5-11,15H,12H2,1-4H3,(H,21,22). The highest BCUT2D eigenvalue weighted by Crippen LogP contribution is 2.22. The number of thioether (sulfide) groups is 1. The molecule has 25 heavy (non-hydrogen) atoms. The highest BCUT2D eigenvalue weighted by atomic mass is 32.2. The molecule has 0 aliphatic rings. The third kappa shape index (κ3) is 5.36. The van der Waals surface area contributed by atoms with Crippen molar-refractivity contribution in [2.45, 2.75) is 31.8 Å². The van der Waals surface area contributed by atoms with Gasteiger partial charge in [0.2, 0.25) is 5.91 Å². The van der Waals surface area contributed by atoms with E-state index in [0.29, 0.717) is 11.3 Å². The maximum absolute atomic E-state index is 12.4. The molecule has 0 spiro atoms. The van der Waals surface area contributed by atoms with E-state index in [4.69, 9.17) is 4.74 Å². The van der Waals surface area contributed by atoms with Crippen LogP contribution in [0.4, 0.5) is 5.69 Å². The normalized spacial score (nSPS) is 11.7. The molecule has 132 valence electrons. The van der Waals surface area contributed by atoms with E-state index in [2.05, 4.69) is 5.32 Å². The smallest absolute Gasteiger partial charge is 0.337 e. The van der Waals surface area contributed by atoms with Crippen LogP contribution in [0, 0.1) is 13.8 Å². The second-order valence-electron chi connectivity index (χ2n) is 5.95. The van der Waals surface area contributed by atoms with E-state index in [1.54, 1.807) is 12.1 Å². The number of carbonyl (C=O) groups is 2. The van der Waals surface area contributed by atoms with Crippen molar-refractivity contribution >= 4 is 29.3 Å². The summed E-state index contributed by atoms with van der Waals surface area (Å²) < 4.78 is 4.73. The molecule has 0 bridgehead atoms. The summed E-state index contributed by atoms with van der Waals surface area (Å²) in [4.78, 5) is 24.0. The lowest BCUT2D eigenvalue weighted by molar-refractivity contribution is -0.115. The van der Waals surface area contributed by atoms with E-state index in [1.807, 2.05) is 51.1 Å². The molecule has 2 rings (SSSR count). The van der Waals surface area contributed by atoms with Gasteiger partial charge in [0.1, 0.15) is 0 Å². The summed E-state index contributed by atoms with van der Waals surface area (Å²) in [5.74, 6) is 0.264. The molecule has 0 aliphatic carbocycles.